The van der Waals surface area contributed by atoms with Crippen molar-refractivity contribution in [2.75, 3.05) is 42.9 Å². The summed E-state index contributed by atoms with van der Waals surface area (Å²) in [6, 6.07) is 18.2. The molecule has 0 unspecified atom stereocenters. The van der Waals surface area contributed by atoms with Crippen LogP contribution in [-0.4, -0.2) is 66.3 Å². The van der Waals surface area contributed by atoms with Crippen LogP contribution < -0.4 is 10.2 Å². The van der Waals surface area contributed by atoms with Gasteiger partial charge in [0.1, 0.15) is 18.2 Å². The van der Waals surface area contributed by atoms with Crippen LogP contribution in [0.5, 0.6) is 0 Å². The number of hydrogen-bond acceptors (Lipinski definition) is 4. The predicted octanol–water partition coefficient (Wildman–Crippen LogP) is 4.42. The van der Waals surface area contributed by atoms with E-state index in [-0.39, 0.29) is 30.0 Å². The largest absolute Gasteiger partial charge is 0.368 e. The highest BCUT2D eigenvalue weighted by molar-refractivity contribution is 5.99. The molecule has 0 aromatic heterocycles. The van der Waals surface area contributed by atoms with Gasteiger partial charge in [-0.1, -0.05) is 12.1 Å². The Morgan fingerprint density at radius 1 is 0.842 bits per heavy atom. The quantitative estimate of drug-likeness (QED) is 0.501. The first-order chi connectivity index (χ1) is 18.2. The van der Waals surface area contributed by atoms with Crippen LogP contribution in [-0.2, 0) is 4.79 Å². The first-order valence-electron chi connectivity index (χ1n) is 12.5. The van der Waals surface area contributed by atoms with Crippen molar-refractivity contribution in [3.63, 3.8) is 0 Å². The van der Waals surface area contributed by atoms with E-state index in [4.69, 9.17) is 0 Å². The third-order valence-corrected chi connectivity index (χ3v) is 6.42. The van der Waals surface area contributed by atoms with Gasteiger partial charge in [-0.3, -0.25) is 14.4 Å². The van der Waals surface area contributed by atoms with E-state index in [1.165, 1.54) is 41.3 Å². The number of carbonyl (C=O) groups is 3. The summed E-state index contributed by atoms with van der Waals surface area (Å²) in [7, 11) is 0. The van der Waals surface area contributed by atoms with Crippen LogP contribution in [0.15, 0.2) is 72.8 Å². The number of nitrogens with one attached hydrogen (secondary N) is 1. The summed E-state index contributed by atoms with van der Waals surface area (Å²) >= 11 is 0. The molecule has 1 heterocycles. The summed E-state index contributed by atoms with van der Waals surface area (Å²) < 4.78 is 27.0. The van der Waals surface area contributed by atoms with E-state index >= 15 is 0 Å². The maximum atomic E-state index is 13.6. The lowest BCUT2D eigenvalue weighted by Crippen LogP contribution is -2.48. The number of amides is 3. The Bertz CT molecular complexity index is 1310. The molecule has 3 amide bonds. The summed E-state index contributed by atoms with van der Waals surface area (Å²) in [5, 5.41) is 2.81. The summed E-state index contributed by atoms with van der Waals surface area (Å²) in [5.41, 5.74) is 2.06. The Morgan fingerprint density at radius 3 is 2.00 bits per heavy atom. The van der Waals surface area contributed by atoms with E-state index in [0.29, 0.717) is 37.4 Å². The number of nitrogens with zero attached hydrogens (tertiary/aromatic N) is 3. The molecular weight excluding hydrogens is 490 g/mol. The maximum absolute atomic E-state index is 13.6. The second kappa shape index (κ2) is 11.9. The van der Waals surface area contributed by atoms with E-state index in [9.17, 15) is 23.2 Å². The Balaban J connectivity index is 1.31. The lowest BCUT2D eigenvalue weighted by atomic mass is 10.1. The number of carbonyl (C=O) groups excluding carboxylic acids is 3. The minimum Gasteiger partial charge on any atom is -0.368 e. The van der Waals surface area contributed by atoms with Crippen molar-refractivity contribution in [3.8, 4) is 0 Å². The second-order valence-electron chi connectivity index (χ2n) is 9.42. The Hall–Kier alpha value is -4.27. The van der Waals surface area contributed by atoms with Crippen LogP contribution in [0.4, 0.5) is 20.2 Å². The fourth-order valence-electron chi connectivity index (χ4n) is 4.36. The van der Waals surface area contributed by atoms with E-state index < -0.39 is 17.5 Å². The third kappa shape index (κ3) is 6.53. The third-order valence-electron chi connectivity index (χ3n) is 6.42. The monoisotopic (exact) mass is 520 g/mol. The molecule has 7 nitrogen and oxygen atoms in total. The molecule has 9 heteroatoms. The molecule has 0 radical (unpaired) electrons. The average molecular weight is 521 g/mol. The normalized spacial score (nSPS) is 13.4. The van der Waals surface area contributed by atoms with Gasteiger partial charge >= 0.3 is 0 Å². The minimum atomic E-state index is -0.510. The molecule has 1 aliphatic heterocycles. The van der Waals surface area contributed by atoms with Crippen molar-refractivity contribution in [3.05, 3.63) is 95.6 Å². The zero-order valence-electron chi connectivity index (χ0n) is 21.4. The molecule has 0 bridgehead atoms. The first kappa shape index (κ1) is 26.8. The molecule has 1 fully saturated rings. The van der Waals surface area contributed by atoms with Crippen molar-refractivity contribution in [2.24, 2.45) is 0 Å². The van der Waals surface area contributed by atoms with Crippen LogP contribution in [0.3, 0.4) is 0 Å². The summed E-state index contributed by atoms with van der Waals surface area (Å²) in [4.78, 5) is 43.4. The number of rotatable bonds is 7. The SMILES string of the molecule is CC(C)N(CC(=O)Nc1ccc(N2CCN(C(=O)c3cccc(F)c3)CC2)cc1)C(=O)c1cccc(F)c1. The van der Waals surface area contributed by atoms with E-state index in [1.807, 2.05) is 12.1 Å². The Labute approximate surface area is 220 Å². The molecule has 1 aliphatic rings. The fraction of sp³-hybridized carbons (Fsp3) is 0.276. The molecule has 3 aromatic carbocycles. The zero-order valence-corrected chi connectivity index (χ0v) is 21.4. The van der Waals surface area contributed by atoms with Crippen molar-refractivity contribution in [2.45, 2.75) is 19.9 Å². The number of benzene rings is 3. The number of halogens is 2. The van der Waals surface area contributed by atoms with Crippen LogP contribution in [0.2, 0.25) is 0 Å². The first-order valence-corrected chi connectivity index (χ1v) is 12.5. The van der Waals surface area contributed by atoms with E-state index in [1.54, 1.807) is 36.9 Å². The number of piperazine rings is 1. The van der Waals surface area contributed by atoms with Gasteiger partial charge in [-0.15, -0.1) is 0 Å². The lowest BCUT2D eigenvalue weighted by Gasteiger charge is -2.36. The van der Waals surface area contributed by atoms with Crippen molar-refractivity contribution < 1.29 is 23.2 Å². The van der Waals surface area contributed by atoms with Crippen molar-refractivity contribution >= 4 is 29.1 Å². The molecule has 3 aromatic rings. The van der Waals surface area contributed by atoms with Crippen molar-refractivity contribution in [1.29, 1.82) is 0 Å². The average Bonchev–Trinajstić information content (AvgIpc) is 2.91. The number of anilines is 2. The van der Waals surface area contributed by atoms with Gasteiger partial charge in [0.25, 0.3) is 11.8 Å². The Kier molecular flexibility index (Phi) is 8.35. The molecule has 0 atom stereocenters. The van der Waals surface area contributed by atoms with Gasteiger partial charge in [0, 0.05) is 54.7 Å². The van der Waals surface area contributed by atoms with Gasteiger partial charge in [-0.25, -0.2) is 8.78 Å². The maximum Gasteiger partial charge on any atom is 0.254 e. The van der Waals surface area contributed by atoms with Gasteiger partial charge < -0.3 is 20.0 Å². The summed E-state index contributed by atoms with van der Waals surface area (Å²) in [6.45, 7) is 5.69. The van der Waals surface area contributed by atoms with Crippen LogP contribution in [0.1, 0.15) is 34.6 Å². The van der Waals surface area contributed by atoms with E-state index in [0.717, 1.165) is 11.8 Å². The minimum absolute atomic E-state index is 0.171. The molecule has 0 saturated carbocycles. The zero-order chi connectivity index (χ0) is 27.2. The highest BCUT2D eigenvalue weighted by Gasteiger charge is 2.24. The van der Waals surface area contributed by atoms with Gasteiger partial charge in [0.15, 0.2) is 0 Å². The predicted molar refractivity (Wildman–Crippen MR) is 142 cm³/mol. The summed E-state index contributed by atoms with van der Waals surface area (Å²) in [6.07, 6.45) is 0. The van der Waals surface area contributed by atoms with Crippen molar-refractivity contribution in [1.82, 2.24) is 9.80 Å². The second-order valence-corrected chi connectivity index (χ2v) is 9.42. The Morgan fingerprint density at radius 2 is 1.42 bits per heavy atom. The standard InChI is InChI=1S/C29H30F2N4O3/c1-20(2)35(29(38)22-6-4-8-24(31)18-22)19-27(36)32-25-9-11-26(12-10-25)33-13-15-34(16-14-33)28(37)21-5-3-7-23(30)17-21/h3-12,17-18,20H,13-16,19H2,1-2H3,(H,32,36). The van der Waals surface area contributed by atoms with Crippen LogP contribution in [0.25, 0.3) is 0 Å². The van der Waals surface area contributed by atoms with Gasteiger partial charge in [-0.2, -0.15) is 0 Å². The topological polar surface area (TPSA) is 73.0 Å². The van der Waals surface area contributed by atoms with Crippen LogP contribution >= 0.6 is 0 Å². The molecular formula is C29H30F2N4O3. The molecule has 38 heavy (non-hydrogen) atoms. The molecule has 1 saturated heterocycles. The van der Waals surface area contributed by atoms with Gasteiger partial charge in [0.05, 0.1) is 0 Å². The molecule has 4 rings (SSSR count). The number of hydrogen-bond donors (Lipinski definition) is 1. The smallest absolute Gasteiger partial charge is 0.254 e. The molecule has 0 spiro atoms. The van der Waals surface area contributed by atoms with Gasteiger partial charge in [-0.05, 0) is 74.5 Å². The highest BCUT2D eigenvalue weighted by atomic mass is 19.1. The highest BCUT2D eigenvalue weighted by Crippen LogP contribution is 2.21. The molecule has 198 valence electrons. The summed E-state index contributed by atoms with van der Waals surface area (Å²) in [5.74, 6) is -1.91. The fourth-order valence-corrected chi connectivity index (χ4v) is 4.36. The molecule has 1 N–H and O–H groups in total. The lowest BCUT2D eigenvalue weighted by molar-refractivity contribution is -0.117. The van der Waals surface area contributed by atoms with Gasteiger partial charge in [0.2, 0.25) is 5.91 Å². The molecule has 0 aliphatic carbocycles. The van der Waals surface area contributed by atoms with Crippen LogP contribution in [0, 0.1) is 11.6 Å². The van der Waals surface area contributed by atoms with E-state index in [2.05, 4.69) is 10.2 Å².